The first-order chi connectivity index (χ1) is 54.1. The van der Waals surface area contributed by atoms with Crippen molar-refractivity contribution >= 4 is 93.0 Å². The molecule has 1 saturated carbocycles. The molecule has 7 heterocycles. The molecule has 8 aromatic rings. The second-order valence-electron chi connectivity index (χ2n) is 29.6. The number of hydrogen-bond acceptors (Lipinski definition) is 19. The van der Waals surface area contributed by atoms with Gasteiger partial charge >= 0.3 is 6.09 Å². The molecule has 0 radical (unpaired) electrons. The monoisotopic (exact) mass is 1540 g/mol. The van der Waals surface area contributed by atoms with Crippen LogP contribution in [0.1, 0.15) is 123 Å². The number of hydrogen-bond donors (Lipinski definition) is 7. The van der Waals surface area contributed by atoms with E-state index in [2.05, 4.69) is 83.3 Å². The van der Waals surface area contributed by atoms with Gasteiger partial charge in [-0.2, -0.15) is 11.3 Å². The summed E-state index contributed by atoms with van der Waals surface area (Å²) in [5.74, 6) is -3.30. The summed E-state index contributed by atoms with van der Waals surface area (Å²) < 4.78 is 31.9. The molecule has 2 fully saturated rings. The lowest BCUT2D eigenvalue weighted by atomic mass is 9.95. The van der Waals surface area contributed by atoms with E-state index < -0.39 is 79.0 Å². The lowest BCUT2D eigenvalue weighted by Crippen LogP contribution is -2.55. The van der Waals surface area contributed by atoms with E-state index in [0.717, 1.165) is 56.8 Å². The molecule has 112 heavy (non-hydrogen) atoms. The number of benzene rings is 6. The summed E-state index contributed by atoms with van der Waals surface area (Å²) in [5, 5.41) is 41.9. The van der Waals surface area contributed by atoms with E-state index in [1.165, 1.54) is 38.8 Å². The van der Waals surface area contributed by atoms with Gasteiger partial charge in [0, 0.05) is 73.5 Å². The smallest absolute Gasteiger partial charge is 0.416 e. The van der Waals surface area contributed by atoms with Crippen molar-refractivity contribution in [3.8, 4) is 56.6 Å². The standard InChI is InChI=1S/C83H89N13O15S/c1-47(2)74(89-72(99)41-86-71(98)40-85-70(97)25-26-73(100)93-42-53-13-8-9-14-58(53)75-76(96(48(3)4)91-90-75)59-15-10-11-16-63(59)93)78(102)87-49(5)77(101)88-56-23-17-50(18-24-56)44-111-82(106)95-64-37-69(67(108-7)35-61(64)80(104)94-46-83(28-29-83)38-65(94)81(95)105)110-31-12-30-109-68-36-62-60(34-66(68)107-6)79(103)92-43-55(33-57(92)39-84-62)52-21-19-51(20-22-52)54-27-32-112-45-54/h8-11,13-24,27,32,34-37,43,45,47-49,57,65,74,81,84,105H,12,25-26,28-31,33,38-42,44,46H2,1-7H3,(H,85,97)(H,86,98)(H,87,102)(H,88,101)(H,89,99)/t49-,57-,65-,74-,81?/m0/s1. The number of aromatic nitrogens is 3. The predicted octanol–water partition coefficient (Wildman–Crippen LogP) is 10.1. The highest BCUT2D eigenvalue weighted by Gasteiger charge is 2.58. The summed E-state index contributed by atoms with van der Waals surface area (Å²) in [6.45, 7) is 8.98. The van der Waals surface area contributed by atoms with Crippen molar-refractivity contribution in [3.63, 3.8) is 0 Å². The number of aliphatic hydroxyl groups is 1. The first-order valence-corrected chi connectivity index (χ1v) is 38.5. The molecule has 28 nitrogen and oxygen atoms in total. The molecule has 2 aromatic heterocycles. The Labute approximate surface area is 651 Å². The van der Waals surface area contributed by atoms with Gasteiger partial charge in [0.25, 0.3) is 11.8 Å². The minimum absolute atomic E-state index is 0.0291. The summed E-state index contributed by atoms with van der Waals surface area (Å²) in [6, 6.07) is 35.5. The highest BCUT2D eigenvalue weighted by Crippen LogP contribution is 2.57. The number of carbonyl (C=O) groups is 9. The summed E-state index contributed by atoms with van der Waals surface area (Å²) >= 11 is 1.66. The van der Waals surface area contributed by atoms with Crippen LogP contribution in [0.15, 0.2) is 144 Å². The average Bonchev–Trinajstić information content (AvgIpc) is 1.56. The van der Waals surface area contributed by atoms with Gasteiger partial charge in [0.15, 0.2) is 29.2 Å². The molecule has 1 aliphatic carbocycles. The van der Waals surface area contributed by atoms with Crippen LogP contribution in [-0.2, 0) is 46.7 Å². The highest BCUT2D eigenvalue weighted by atomic mass is 32.1. The Kier molecular flexibility index (Phi) is 22.5. The van der Waals surface area contributed by atoms with Crippen LogP contribution in [0.25, 0.3) is 39.2 Å². The third kappa shape index (κ3) is 16.2. The number of thiophene rings is 1. The van der Waals surface area contributed by atoms with Crippen LogP contribution in [0.3, 0.4) is 0 Å². The molecular formula is C83H89N13O15S. The number of para-hydroxylation sites is 1. The zero-order valence-electron chi connectivity index (χ0n) is 63.2. The molecule has 1 spiro atoms. The maximum atomic E-state index is 14.6. The minimum Gasteiger partial charge on any atom is -0.493 e. The Bertz CT molecular complexity index is 4980. The molecule has 1 saturated heterocycles. The molecule has 7 N–H and O–H groups in total. The van der Waals surface area contributed by atoms with Gasteiger partial charge in [-0.05, 0) is 138 Å². The van der Waals surface area contributed by atoms with Gasteiger partial charge in [0.2, 0.25) is 35.4 Å². The number of ether oxygens (including phenoxy) is 5. The molecule has 14 rings (SSSR count). The lowest BCUT2D eigenvalue weighted by molar-refractivity contribution is -0.132. The van der Waals surface area contributed by atoms with E-state index >= 15 is 0 Å². The number of amides is 9. The second-order valence-corrected chi connectivity index (χ2v) is 30.4. The minimum atomic E-state index is -1.50. The van der Waals surface area contributed by atoms with E-state index in [1.54, 1.807) is 76.3 Å². The number of nitrogens with zero attached hydrogens (tertiary/aromatic N) is 7. The fourth-order valence-electron chi connectivity index (χ4n) is 15.0. The summed E-state index contributed by atoms with van der Waals surface area (Å²) in [6.07, 6.45) is 2.40. The van der Waals surface area contributed by atoms with Crippen LogP contribution in [0.4, 0.5) is 27.5 Å². The fraction of sp³-hybridized carbons (Fsp3) is 0.361. The Morgan fingerprint density at radius 1 is 0.696 bits per heavy atom. The SMILES string of the molecule is COc1cc2c(cc1OCCCOc1cc3c(cc1OC)C(=O)N1CC4(CC4)C[C@H]1C(O)N3C(=O)OCc1ccc(NC(=O)[C@H](C)NC(=O)[C@@H](NC(=O)CNC(=O)CNC(=O)CCC(=O)N3Cc4ccccc4-c4nnn(C(C)C)c4-c4ccccc43)C(C)C)cc1)NC[C@@H]1CC(c3ccc(-c4ccsc4)cc3)=CN1C2=O. The fourth-order valence-corrected chi connectivity index (χ4v) is 15.7. The van der Waals surface area contributed by atoms with Gasteiger partial charge in [-0.15, -0.1) is 5.10 Å². The number of nitrogens with one attached hydrogen (secondary N) is 6. The number of rotatable bonds is 26. The van der Waals surface area contributed by atoms with Gasteiger partial charge in [0.1, 0.15) is 24.4 Å². The van der Waals surface area contributed by atoms with Crippen LogP contribution >= 0.6 is 11.3 Å². The number of anilines is 4. The number of aliphatic hydroxyl groups excluding tert-OH is 1. The molecule has 9 amide bonds. The maximum Gasteiger partial charge on any atom is 0.416 e. The number of carbonyl (C=O) groups excluding carboxylic acids is 9. The van der Waals surface area contributed by atoms with E-state index in [4.69, 9.17) is 23.7 Å². The molecule has 1 unspecified atom stereocenters. The number of methoxy groups -OCH3 is 2. The average molecular weight is 1540 g/mol. The van der Waals surface area contributed by atoms with Crippen molar-refractivity contribution in [1.29, 1.82) is 0 Å². The third-order valence-corrected chi connectivity index (χ3v) is 22.0. The van der Waals surface area contributed by atoms with Gasteiger partial charge in [-0.25, -0.2) is 14.4 Å². The van der Waals surface area contributed by atoms with Crippen LogP contribution in [0.2, 0.25) is 0 Å². The topological polar surface area (TPSA) is 336 Å². The Morgan fingerprint density at radius 2 is 1.38 bits per heavy atom. The van der Waals surface area contributed by atoms with Crippen molar-refractivity contribution in [2.75, 3.05) is 74.0 Å². The summed E-state index contributed by atoms with van der Waals surface area (Å²) in [5.41, 5.74) is 11.0. The molecule has 5 aliphatic heterocycles. The van der Waals surface area contributed by atoms with Crippen molar-refractivity contribution in [2.24, 2.45) is 11.3 Å². The van der Waals surface area contributed by atoms with Crippen molar-refractivity contribution < 1.29 is 71.9 Å². The first kappa shape index (κ1) is 76.7. The Balaban J connectivity index is 0.540. The van der Waals surface area contributed by atoms with E-state index in [0.29, 0.717) is 77.7 Å². The summed E-state index contributed by atoms with van der Waals surface area (Å²) in [4.78, 5) is 130. The Morgan fingerprint density at radius 3 is 2.09 bits per heavy atom. The molecule has 5 atom stereocenters. The van der Waals surface area contributed by atoms with E-state index in [9.17, 15) is 48.3 Å². The van der Waals surface area contributed by atoms with Crippen molar-refractivity contribution in [2.45, 2.75) is 129 Å². The molecule has 582 valence electrons. The Hall–Kier alpha value is -12.1. The third-order valence-electron chi connectivity index (χ3n) is 21.3. The predicted molar refractivity (Wildman–Crippen MR) is 419 cm³/mol. The van der Waals surface area contributed by atoms with Crippen molar-refractivity contribution in [1.82, 2.24) is 46.1 Å². The first-order valence-electron chi connectivity index (χ1n) is 37.6. The van der Waals surface area contributed by atoms with Crippen LogP contribution in [0.5, 0.6) is 23.0 Å². The van der Waals surface area contributed by atoms with E-state index in [1.807, 2.05) is 73.3 Å². The molecule has 6 aromatic carbocycles. The second kappa shape index (κ2) is 32.8. The van der Waals surface area contributed by atoms with E-state index in [-0.39, 0.29) is 97.2 Å². The zero-order chi connectivity index (χ0) is 78.6. The largest absolute Gasteiger partial charge is 0.493 e. The molecular weight excluding hydrogens is 1450 g/mol. The molecule has 29 heteroatoms. The quantitative estimate of drug-likeness (QED) is 0.0248. The van der Waals surface area contributed by atoms with Gasteiger partial charge < -0.3 is 75.4 Å². The molecule has 6 aliphatic rings. The van der Waals surface area contributed by atoms with Crippen LogP contribution in [-0.4, -0.2) is 167 Å². The molecule has 0 bridgehead atoms. The zero-order valence-corrected chi connectivity index (χ0v) is 64.0. The lowest BCUT2D eigenvalue weighted by Gasteiger charge is -2.31. The van der Waals surface area contributed by atoms with Gasteiger partial charge in [0.05, 0.1) is 93.0 Å². The van der Waals surface area contributed by atoms with Gasteiger partial charge in [-0.1, -0.05) is 97.9 Å². The normalized spacial score (nSPS) is 17.4. The number of fused-ring (bicyclic) bond motifs is 9. The van der Waals surface area contributed by atoms with Crippen LogP contribution in [0, 0.1) is 11.3 Å². The highest BCUT2D eigenvalue weighted by molar-refractivity contribution is 7.08. The van der Waals surface area contributed by atoms with Crippen molar-refractivity contribution in [3.05, 3.63) is 172 Å². The summed E-state index contributed by atoms with van der Waals surface area (Å²) in [7, 11) is 2.96. The maximum absolute atomic E-state index is 14.6. The van der Waals surface area contributed by atoms with Crippen LogP contribution < -0.4 is 60.6 Å². The van der Waals surface area contributed by atoms with Gasteiger partial charge in [-0.3, -0.25) is 38.4 Å².